The van der Waals surface area contributed by atoms with Gasteiger partial charge in [0.15, 0.2) is 0 Å². The summed E-state index contributed by atoms with van der Waals surface area (Å²) in [6.45, 7) is 6.21. The van der Waals surface area contributed by atoms with Crippen molar-refractivity contribution in [1.82, 2.24) is 0 Å². The van der Waals surface area contributed by atoms with Crippen LogP contribution in [0.5, 0.6) is 0 Å². The molecule has 0 bridgehead atoms. The summed E-state index contributed by atoms with van der Waals surface area (Å²) in [7, 11) is 0. The highest BCUT2D eigenvalue weighted by molar-refractivity contribution is 6.48. The number of hydrogen-bond acceptors (Lipinski definition) is 8. The Bertz CT molecular complexity index is 1970. The smallest absolute Gasteiger partial charge is 0.322 e. The van der Waals surface area contributed by atoms with Gasteiger partial charge in [-0.3, -0.25) is 9.59 Å². The molecule has 4 N–H and O–H groups in total. The number of halogens is 4. The topological polar surface area (TPSA) is 168 Å². The maximum atomic E-state index is 14.1. The normalized spacial score (nSPS) is 12.8. The first kappa shape index (κ1) is 48.0. The van der Waals surface area contributed by atoms with Crippen LogP contribution in [0.1, 0.15) is 37.8 Å². The van der Waals surface area contributed by atoms with E-state index in [0.717, 1.165) is 16.7 Å². The first-order valence-corrected chi connectivity index (χ1v) is 20.0. The third-order valence-corrected chi connectivity index (χ3v) is 9.74. The van der Waals surface area contributed by atoms with E-state index >= 15 is 0 Å². The molecule has 0 aliphatic carbocycles. The van der Waals surface area contributed by atoms with Crippen LogP contribution in [0.2, 0.25) is 36.3 Å². The second-order valence-electron chi connectivity index (χ2n) is 14.3. The monoisotopic (exact) mass is 836 g/mol. The summed E-state index contributed by atoms with van der Waals surface area (Å²) in [6, 6.07) is 22.1. The number of hydrogen-bond donors (Lipinski definition) is 3. The third-order valence-electron chi connectivity index (χ3n) is 9.27. The van der Waals surface area contributed by atoms with Crippen molar-refractivity contribution in [2.75, 3.05) is 13.2 Å². The van der Waals surface area contributed by atoms with Gasteiger partial charge in [0.25, 0.3) is 13.8 Å². The second-order valence-corrected chi connectivity index (χ2v) is 15.1. The van der Waals surface area contributed by atoms with Gasteiger partial charge >= 0.3 is 11.9 Å². The van der Waals surface area contributed by atoms with E-state index in [1.807, 2.05) is 36.4 Å². The summed E-state index contributed by atoms with van der Waals surface area (Å²) in [5.74, 6) is -1.77. The van der Waals surface area contributed by atoms with E-state index in [-0.39, 0.29) is 43.1 Å². The Morgan fingerprint density at radius 2 is 1.16 bits per heavy atom. The fourth-order valence-corrected chi connectivity index (χ4v) is 7.09. The molecule has 58 heavy (non-hydrogen) atoms. The summed E-state index contributed by atoms with van der Waals surface area (Å²) >= 11 is 11.9. The number of benzene rings is 4. The van der Waals surface area contributed by atoms with Gasteiger partial charge in [0, 0.05) is 26.1 Å². The van der Waals surface area contributed by atoms with Gasteiger partial charge in [0.05, 0.1) is 13.2 Å². The summed E-state index contributed by atoms with van der Waals surface area (Å²) in [4.78, 5) is 26.6. The molecule has 0 aliphatic rings. The molecular formula is C42H50B2Cl2F2N4O6. The number of carbonyl (C=O) groups is 2. The lowest BCUT2D eigenvalue weighted by Crippen LogP contribution is -2.35. The van der Waals surface area contributed by atoms with Gasteiger partial charge in [-0.25, -0.2) is 8.78 Å². The Morgan fingerprint density at radius 3 is 1.55 bits per heavy atom. The third kappa shape index (κ3) is 16.1. The number of rotatable bonds is 19. The number of nitrogens with two attached hydrogens (primary N) is 1. The largest absolute Gasteiger partial charge is 0.466 e. The Balaban J connectivity index is 0.000000311. The molecular weight excluding hydrogens is 787 g/mol. The molecule has 0 unspecified atom stereocenters. The Labute approximate surface area is 349 Å². The van der Waals surface area contributed by atoms with Crippen LogP contribution in [-0.2, 0) is 31.9 Å². The van der Waals surface area contributed by atoms with Crippen molar-refractivity contribution in [2.45, 2.75) is 77.9 Å². The molecule has 16 heteroatoms. The van der Waals surface area contributed by atoms with Gasteiger partial charge in [-0.05, 0) is 128 Å². The number of azide groups is 1. The van der Waals surface area contributed by atoms with Crippen LogP contribution >= 0.6 is 23.2 Å². The molecule has 0 heterocycles. The van der Waals surface area contributed by atoms with E-state index in [9.17, 15) is 28.4 Å². The van der Waals surface area contributed by atoms with E-state index in [0.29, 0.717) is 58.6 Å². The van der Waals surface area contributed by atoms with Crippen molar-refractivity contribution in [3.8, 4) is 22.3 Å². The first-order valence-electron chi connectivity index (χ1n) is 19.2. The lowest BCUT2D eigenvalue weighted by Gasteiger charge is -2.21. The fraction of sp³-hybridized carbons (Fsp3) is 0.381. The SMILES string of the molecule is CCOC(=O)[C@@H](C[C@H](CB(C)O)Cc1ccc(-c2cc(Cl)ccc2F)cc1)N=[N+]=[N-].CCOC(=O)[C@H](N)C[C@H](CB(C)O)Cc1ccc(-c2cc(Cl)ccc2F)cc1. The predicted molar refractivity (Wildman–Crippen MR) is 229 cm³/mol. The van der Waals surface area contributed by atoms with E-state index in [2.05, 4.69) is 10.0 Å². The van der Waals surface area contributed by atoms with Crippen LogP contribution in [0, 0.1) is 23.5 Å². The molecule has 0 saturated carbocycles. The molecule has 0 fully saturated rings. The predicted octanol–water partition coefficient (Wildman–Crippen LogP) is 9.75. The standard InChI is InChI=1S/C21H24BClFN3O3.C21H26BClFNO3/c1-3-30-21(28)20(26-27-25)11-15(13-22(2)29)10-14-4-6-16(7-5-14)18-12-17(23)8-9-19(18)24;1-3-28-21(26)20(25)11-15(13-22(2)27)10-14-4-6-16(7-5-14)18-12-17(23)8-9-19(18)24/h4-9,12,15,20,29H,3,10-11,13H2,1-2H3;4-9,12,15,20,27H,3,10-11,13,25H2,1-2H3/t2*15-,20-/m11/s1. The zero-order chi connectivity index (χ0) is 42.8. The maximum absolute atomic E-state index is 14.1. The van der Waals surface area contributed by atoms with Gasteiger partial charge in [-0.15, -0.1) is 0 Å². The minimum atomic E-state index is -0.946. The van der Waals surface area contributed by atoms with E-state index < -0.39 is 37.9 Å². The summed E-state index contributed by atoms with van der Waals surface area (Å²) in [6.07, 6.45) is 2.85. The lowest BCUT2D eigenvalue weighted by molar-refractivity contribution is -0.145. The molecule has 0 amide bonds. The zero-order valence-electron chi connectivity index (χ0n) is 33.2. The Morgan fingerprint density at radius 1 is 0.741 bits per heavy atom. The van der Waals surface area contributed by atoms with Crippen molar-refractivity contribution in [3.63, 3.8) is 0 Å². The minimum absolute atomic E-state index is 0.0214. The number of ether oxygens (including phenoxy) is 2. The van der Waals surface area contributed by atoms with E-state index in [4.69, 9.17) is 43.9 Å². The van der Waals surface area contributed by atoms with Crippen LogP contribution in [0.15, 0.2) is 90.0 Å². The molecule has 4 aromatic carbocycles. The number of nitrogens with zero attached hydrogens (tertiary/aromatic N) is 3. The molecule has 308 valence electrons. The molecule has 0 radical (unpaired) electrons. The molecule has 4 aromatic rings. The fourth-order valence-electron chi connectivity index (χ4n) is 6.75. The molecule has 0 spiro atoms. The van der Waals surface area contributed by atoms with Crippen LogP contribution in [-0.4, -0.2) is 61.1 Å². The second kappa shape index (κ2) is 24.5. The van der Waals surface area contributed by atoms with E-state index in [1.165, 1.54) is 24.3 Å². The Kier molecular flexibility index (Phi) is 20.2. The van der Waals surface area contributed by atoms with Gasteiger partial charge in [0.2, 0.25) is 0 Å². The minimum Gasteiger partial charge on any atom is -0.466 e. The van der Waals surface area contributed by atoms with E-state index in [1.54, 1.807) is 51.8 Å². The Hall–Kier alpha value is -4.42. The van der Waals surface area contributed by atoms with Gasteiger partial charge in [0.1, 0.15) is 23.7 Å². The highest BCUT2D eigenvalue weighted by Gasteiger charge is 2.26. The van der Waals surface area contributed by atoms with Gasteiger partial charge in [-0.1, -0.05) is 90.5 Å². The quantitative estimate of drug-likeness (QED) is 0.0278. The average Bonchev–Trinajstić information content (AvgIpc) is 3.17. The van der Waals surface area contributed by atoms with Crippen molar-refractivity contribution >= 4 is 49.0 Å². The molecule has 0 aromatic heterocycles. The highest BCUT2D eigenvalue weighted by atomic mass is 35.5. The van der Waals surface area contributed by atoms with Crippen LogP contribution in [0.4, 0.5) is 8.78 Å². The number of carbonyl (C=O) groups excluding carboxylic acids is 2. The summed E-state index contributed by atoms with van der Waals surface area (Å²) < 4.78 is 38.1. The summed E-state index contributed by atoms with van der Waals surface area (Å²) in [5, 5.41) is 24.2. The molecule has 0 aliphatic heterocycles. The van der Waals surface area contributed by atoms with Crippen molar-refractivity contribution < 1.29 is 37.9 Å². The number of esters is 2. The highest BCUT2D eigenvalue weighted by Crippen LogP contribution is 2.30. The van der Waals surface area contributed by atoms with Crippen molar-refractivity contribution in [2.24, 2.45) is 22.7 Å². The molecule has 0 saturated heterocycles. The van der Waals surface area contributed by atoms with Gasteiger partial charge < -0.3 is 25.3 Å². The van der Waals surface area contributed by atoms with Crippen molar-refractivity contribution in [1.29, 1.82) is 0 Å². The first-order chi connectivity index (χ1) is 27.6. The summed E-state index contributed by atoms with van der Waals surface area (Å²) in [5.41, 5.74) is 19.0. The average molecular weight is 837 g/mol. The molecule has 4 rings (SSSR count). The zero-order valence-corrected chi connectivity index (χ0v) is 34.7. The molecule has 10 nitrogen and oxygen atoms in total. The van der Waals surface area contributed by atoms with Crippen LogP contribution in [0.3, 0.4) is 0 Å². The van der Waals surface area contributed by atoms with Crippen LogP contribution in [0.25, 0.3) is 32.7 Å². The maximum Gasteiger partial charge on any atom is 0.322 e. The molecule has 4 atom stereocenters. The lowest BCUT2D eigenvalue weighted by atomic mass is 9.62. The van der Waals surface area contributed by atoms with Gasteiger partial charge in [-0.2, -0.15) is 0 Å². The van der Waals surface area contributed by atoms with Crippen molar-refractivity contribution in [3.05, 3.63) is 128 Å². The van der Waals surface area contributed by atoms with Crippen LogP contribution < -0.4 is 5.73 Å².